The number of benzene rings is 2. The average molecular weight is 568 g/mol. The van der Waals surface area contributed by atoms with Crippen LogP contribution in [-0.4, -0.2) is 39.5 Å². The number of anilines is 1. The van der Waals surface area contributed by atoms with Crippen molar-refractivity contribution in [3.05, 3.63) is 81.4 Å². The zero-order valence-corrected chi connectivity index (χ0v) is 21.9. The Bertz CT molecular complexity index is 1550. The zero-order chi connectivity index (χ0) is 27.2. The molecule has 0 saturated carbocycles. The van der Waals surface area contributed by atoms with Crippen LogP contribution in [0, 0.1) is 17.9 Å². The number of nitriles is 1. The van der Waals surface area contributed by atoms with Crippen molar-refractivity contribution >= 4 is 46.5 Å². The summed E-state index contributed by atoms with van der Waals surface area (Å²) in [4.78, 5) is 12.3. The molecule has 9 nitrogen and oxygen atoms in total. The van der Waals surface area contributed by atoms with Crippen molar-refractivity contribution in [2.24, 2.45) is 0 Å². The Hall–Kier alpha value is -3.77. The van der Waals surface area contributed by atoms with Gasteiger partial charge >= 0.3 is 0 Å². The predicted octanol–water partition coefficient (Wildman–Crippen LogP) is 5.74. The molecular weight excluding hydrogens is 549 g/mol. The lowest BCUT2D eigenvalue weighted by Gasteiger charge is -2.14. The molecule has 12 heteroatoms. The molecule has 4 rings (SSSR count). The molecule has 0 unspecified atom stereocenters. The van der Waals surface area contributed by atoms with Crippen molar-refractivity contribution in [1.29, 1.82) is 5.26 Å². The Balaban J connectivity index is 1.60. The van der Waals surface area contributed by atoms with Crippen molar-refractivity contribution in [3.63, 3.8) is 0 Å². The summed E-state index contributed by atoms with van der Waals surface area (Å²) in [6.45, 7) is 7.12. The summed E-state index contributed by atoms with van der Waals surface area (Å²) in [7, 11) is 0. The summed E-state index contributed by atoms with van der Waals surface area (Å²) in [5.41, 5.74) is 8.58. The molecule has 1 atom stereocenters. The van der Waals surface area contributed by atoms with E-state index in [2.05, 4.69) is 20.9 Å². The van der Waals surface area contributed by atoms with E-state index in [1.165, 1.54) is 18.0 Å². The minimum Gasteiger partial charge on any atom is -0.491 e. The van der Waals surface area contributed by atoms with E-state index < -0.39 is 12.7 Å². The molecule has 2 aromatic heterocycles. The fraction of sp³-hybridized carbons (Fsp3) is 0.154. The Morgan fingerprint density at radius 2 is 1.89 bits per heavy atom. The van der Waals surface area contributed by atoms with Crippen molar-refractivity contribution in [2.45, 2.75) is 16.9 Å². The second-order valence-electron chi connectivity index (χ2n) is 7.86. The zero-order valence-electron chi connectivity index (χ0n) is 19.6. The third-order valence-corrected chi connectivity index (χ3v) is 7.01. The van der Waals surface area contributed by atoms with Crippen LogP contribution in [0.25, 0.3) is 27.4 Å². The number of thioether (sulfide) groups is 1. The molecule has 0 fully saturated rings. The minimum atomic E-state index is -1.00. The number of halogens is 2. The molecule has 4 N–H and O–H groups in total. The van der Waals surface area contributed by atoms with Gasteiger partial charge in [0.25, 0.3) is 0 Å². The van der Waals surface area contributed by atoms with E-state index in [1.807, 2.05) is 0 Å². The van der Waals surface area contributed by atoms with E-state index in [-0.39, 0.29) is 23.7 Å². The monoisotopic (exact) mass is 567 g/mol. The van der Waals surface area contributed by atoms with Gasteiger partial charge in [0.15, 0.2) is 0 Å². The van der Waals surface area contributed by atoms with E-state index >= 15 is 0 Å². The third-order valence-electron chi connectivity index (χ3n) is 5.26. The first-order chi connectivity index (χ1) is 18.3. The first kappa shape index (κ1) is 27.3. The average Bonchev–Trinajstić information content (AvgIpc) is 3.41. The van der Waals surface area contributed by atoms with Gasteiger partial charge in [-0.25, -0.2) is 14.8 Å². The molecule has 0 radical (unpaired) electrons. The summed E-state index contributed by atoms with van der Waals surface area (Å²) >= 11 is 13.3. The third kappa shape index (κ3) is 6.03. The van der Waals surface area contributed by atoms with Crippen LogP contribution in [0.1, 0.15) is 11.3 Å². The van der Waals surface area contributed by atoms with Gasteiger partial charge in [-0.2, -0.15) is 5.26 Å². The van der Waals surface area contributed by atoms with Gasteiger partial charge in [-0.3, -0.25) is 0 Å². The predicted molar refractivity (Wildman–Crippen MR) is 145 cm³/mol. The van der Waals surface area contributed by atoms with Gasteiger partial charge in [-0.1, -0.05) is 47.1 Å². The number of hydrogen-bond donors (Lipinski definition) is 3. The van der Waals surface area contributed by atoms with Crippen LogP contribution in [-0.2, 0) is 5.75 Å². The summed E-state index contributed by atoms with van der Waals surface area (Å²) < 4.78 is 11.0. The molecule has 2 aromatic carbocycles. The maximum Gasteiger partial charge on any atom is 0.236 e. The van der Waals surface area contributed by atoms with Crippen molar-refractivity contribution in [3.8, 4) is 34.4 Å². The number of oxazole rings is 1. The Kier molecular flexibility index (Phi) is 8.74. The van der Waals surface area contributed by atoms with Crippen molar-refractivity contribution < 1.29 is 19.4 Å². The number of rotatable bonds is 9. The molecule has 0 saturated heterocycles. The Morgan fingerprint density at radius 1 is 1.16 bits per heavy atom. The number of aliphatic hydroxyl groups excluding tert-OH is 2. The van der Waals surface area contributed by atoms with Crippen molar-refractivity contribution in [2.75, 3.05) is 18.9 Å². The maximum absolute atomic E-state index is 10.0. The lowest BCUT2D eigenvalue weighted by atomic mass is 10.00. The highest BCUT2D eigenvalue weighted by Gasteiger charge is 2.21. The quantitative estimate of drug-likeness (QED) is 0.170. The van der Waals surface area contributed by atoms with Gasteiger partial charge in [-0.05, 0) is 35.9 Å². The van der Waals surface area contributed by atoms with Crippen LogP contribution in [0.5, 0.6) is 5.75 Å². The molecule has 2 heterocycles. The number of ether oxygens (including phenoxy) is 1. The molecule has 192 valence electrons. The Morgan fingerprint density at radius 3 is 2.55 bits per heavy atom. The van der Waals surface area contributed by atoms with E-state index in [9.17, 15) is 10.4 Å². The number of nitrogens with two attached hydrogens (primary N) is 1. The van der Waals surface area contributed by atoms with Gasteiger partial charge in [0.2, 0.25) is 11.6 Å². The van der Waals surface area contributed by atoms with Crippen molar-refractivity contribution in [1.82, 2.24) is 9.97 Å². The molecule has 0 amide bonds. The van der Waals surface area contributed by atoms with Crippen LogP contribution < -0.4 is 10.5 Å². The number of aliphatic hydroxyl groups is 2. The molecule has 0 spiro atoms. The molecule has 4 aromatic rings. The molecule has 0 aliphatic rings. The van der Waals surface area contributed by atoms with Gasteiger partial charge in [0, 0.05) is 16.9 Å². The number of aromatic nitrogens is 2. The first-order valence-electron chi connectivity index (χ1n) is 11.0. The number of pyridine rings is 1. The van der Waals surface area contributed by atoms with E-state index in [4.69, 9.17) is 49.8 Å². The fourth-order valence-corrected chi connectivity index (χ4v) is 4.58. The van der Waals surface area contributed by atoms with Crippen LogP contribution in [0.2, 0.25) is 10.0 Å². The lowest BCUT2D eigenvalue weighted by molar-refractivity contribution is 0.0536. The first-order valence-corrected chi connectivity index (χ1v) is 12.7. The highest BCUT2D eigenvalue weighted by atomic mass is 35.5. The number of nitrogens with zero attached hydrogens (tertiary/aromatic N) is 4. The fourth-order valence-electron chi connectivity index (χ4n) is 3.41. The number of nitrogen functional groups attached to an aromatic ring is 1. The summed E-state index contributed by atoms with van der Waals surface area (Å²) in [5, 5.41) is 29.6. The summed E-state index contributed by atoms with van der Waals surface area (Å²) in [6, 6.07) is 13.8. The second-order valence-corrected chi connectivity index (χ2v) is 9.64. The highest BCUT2D eigenvalue weighted by Crippen LogP contribution is 2.42. The Labute approximate surface area is 232 Å². The smallest absolute Gasteiger partial charge is 0.236 e. The molecule has 0 aliphatic carbocycles. The SMILES string of the molecule is [C-]#[N+]c1c(N)nc(SCc2coc(-c3ccc(Cl)c(Cl)c3)n2)c(C#N)c1-c1ccc(OC[C@@H](O)CO)cc1. The maximum atomic E-state index is 10.0. The van der Waals surface area contributed by atoms with E-state index in [0.29, 0.717) is 54.8 Å². The van der Waals surface area contributed by atoms with Gasteiger partial charge < -0.3 is 25.1 Å². The van der Waals surface area contributed by atoms with E-state index in [0.717, 1.165) is 0 Å². The van der Waals surface area contributed by atoms with Crippen LogP contribution in [0.15, 0.2) is 58.2 Å². The molecular formula is C26H19Cl2N5O4S. The van der Waals surface area contributed by atoms with Gasteiger partial charge in [0.05, 0.1) is 34.5 Å². The summed E-state index contributed by atoms with van der Waals surface area (Å²) in [6.07, 6.45) is 0.499. The minimum absolute atomic E-state index is 0.000424. The van der Waals surface area contributed by atoms with Crippen LogP contribution >= 0.6 is 35.0 Å². The largest absolute Gasteiger partial charge is 0.491 e. The molecule has 38 heavy (non-hydrogen) atoms. The van der Waals surface area contributed by atoms with Crippen LogP contribution in [0.4, 0.5) is 11.5 Å². The standard InChI is InChI=1S/C26H19Cl2N5O4S/c1-31-23-22(14-2-5-18(6-3-14)36-12-17(35)10-34)19(9-29)26(33-24(23)30)38-13-16-11-37-25(32-16)15-4-7-20(27)21(28)8-15/h2-8,11,17,34-35H,10,12-13H2,(H2,30,33)/t17-/m0/s1. The van der Waals surface area contributed by atoms with Gasteiger partial charge in [-0.15, -0.1) is 0 Å². The normalized spacial score (nSPS) is 11.5. The lowest BCUT2D eigenvalue weighted by Crippen LogP contribution is -2.21. The highest BCUT2D eigenvalue weighted by molar-refractivity contribution is 7.98. The topological polar surface area (TPSA) is 143 Å². The van der Waals surface area contributed by atoms with E-state index in [1.54, 1.807) is 42.5 Å². The van der Waals surface area contributed by atoms with Gasteiger partial charge in [0.1, 0.15) is 41.6 Å². The molecule has 0 aliphatic heterocycles. The summed E-state index contributed by atoms with van der Waals surface area (Å²) in [5.74, 6) is 1.14. The second kappa shape index (κ2) is 12.2. The molecule has 0 bridgehead atoms. The van der Waals surface area contributed by atoms with Crippen LogP contribution in [0.3, 0.4) is 0 Å². The number of hydrogen-bond acceptors (Lipinski definition) is 9.